The molecule has 100 valence electrons. The van der Waals surface area contributed by atoms with Crippen molar-refractivity contribution in [2.75, 3.05) is 0 Å². The summed E-state index contributed by atoms with van der Waals surface area (Å²) in [4.78, 5) is 0. The van der Waals surface area contributed by atoms with E-state index >= 15 is 0 Å². The Balaban J connectivity index is 2.39. The van der Waals surface area contributed by atoms with Crippen LogP contribution in [0.15, 0.2) is 90.8 Å². The normalized spacial score (nSPS) is 20.9. The summed E-state index contributed by atoms with van der Waals surface area (Å²) in [5.74, 6) is 0. The maximum Gasteiger partial charge on any atom is 0.0829 e. The number of hydrogen-bond donors (Lipinski definition) is 0. The number of para-hydroxylation sites is 2. The Labute approximate surface area is 145 Å². The molecule has 0 radical (unpaired) electrons. The Hall–Kier alpha value is -2.80. The van der Waals surface area contributed by atoms with Crippen LogP contribution >= 0.6 is 0 Å². The summed E-state index contributed by atoms with van der Waals surface area (Å²) < 4.78 is 124. The van der Waals surface area contributed by atoms with Gasteiger partial charge in [-0.3, -0.25) is 0 Å². The van der Waals surface area contributed by atoms with Crippen LogP contribution in [0.4, 0.5) is 0 Å². The Morgan fingerprint density at radius 3 is 2.05 bits per heavy atom. The quantitative estimate of drug-likeness (QED) is 0.471. The minimum Gasteiger partial charge on any atom is -0.316 e. The maximum absolute atomic E-state index is 8.86. The highest BCUT2D eigenvalue weighted by Crippen LogP contribution is 2.32. The number of fused-ring (bicyclic) bond motifs is 1. The van der Waals surface area contributed by atoms with Gasteiger partial charge in [0.25, 0.3) is 0 Å². The molecule has 0 atom stereocenters. The van der Waals surface area contributed by atoms with E-state index in [1.54, 1.807) is 0 Å². The van der Waals surface area contributed by atoms with Gasteiger partial charge in [-0.25, -0.2) is 0 Å². The van der Waals surface area contributed by atoms with Crippen LogP contribution in [0.3, 0.4) is 0 Å². The SMILES string of the molecule is [2H]c1c([2H])c([2H])c(-c2c([2H])n(-c3c([2H])c([2H])c([2H])c([2H])c3[2H])c3c([2H])c([2H])c([2H])c([2H])c23)c([2H])c1[2H]. The molecule has 0 amide bonds. The van der Waals surface area contributed by atoms with Gasteiger partial charge < -0.3 is 4.57 Å². The van der Waals surface area contributed by atoms with E-state index in [1.165, 1.54) is 0 Å². The van der Waals surface area contributed by atoms with Gasteiger partial charge >= 0.3 is 0 Å². The number of benzene rings is 3. The zero-order valence-electron chi connectivity index (χ0n) is 25.4. The largest absolute Gasteiger partial charge is 0.316 e. The highest BCUT2D eigenvalue weighted by atomic mass is 15.0. The van der Waals surface area contributed by atoms with Crippen LogP contribution in [-0.2, 0) is 0 Å². The molecule has 0 spiro atoms. The first kappa shape index (κ1) is 4.11. The van der Waals surface area contributed by atoms with Crippen molar-refractivity contribution in [3.8, 4) is 16.8 Å². The molecule has 1 heterocycles. The van der Waals surface area contributed by atoms with Crippen molar-refractivity contribution in [1.29, 1.82) is 0 Å². The van der Waals surface area contributed by atoms with Crippen molar-refractivity contribution < 1.29 is 20.6 Å². The number of aromatic nitrogens is 1. The van der Waals surface area contributed by atoms with E-state index in [4.69, 9.17) is 20.6 Å². The smallest absolute Gasteiger partial charge is 0.0829 e. The lowest BCUT2D eigenvalue weighted by Crippen LogP contribution is -1.90. The number of rotatable bonds is 2. The third kappa shape index (κ3) is 2.03. The molecule has 0 unspecified atom stereocenters. The molecule has 0 fully saturated rings. The Bertz CT molecular complexity index is 1460. The zero-order chi connectivity index (χ0) is 27.1. The third-order valence-corrected chi connectivity index (χ3v) is 2.83. The molecule has 0 saturated heterocycles. The van der Waals surface area contributed by atoms with Crippen molar-refractivity contribution in [3.05, 3.63) is 90.8 Å². The van der Waals surface area contributed by atoms with Crippen LogP contribution in [0.25, 0.3) is 27.7 Å². The Morgan fingerprint density at radius 1 is 0.667 bits per heavy atom. The minimum atomic E-state index is -0.758. The van der Waals surface area contributed by atoms with Gasteiger partial charge in [-0.05, 0) is 23.7 Å². The van der Waals surface area contributed by atoms with Crippen LogP contribution in [-0.4, -0.2) is 4.57 Å². The fourth-order valence-corrected chi connectivity index (χ4v) is 1.96. The van der Waals surface area contributed by atoms with Crippen molar-refractivity contribution in [2.24, 2.45) is 0 Å². The Kier molecular flexibility index (Phi) is 0.968. The first-order chi connectivity index (χ1) is 16.7. The average molecular weight is 284 g/mol. The van der Waals surface area contributed by atoms with Crippen molar-refractivity contribution in [2.45, 2.75) is 0 Å². The number of nitrogens with zero attached hydrogens (tertiary/aromatic N) is 1. The average Bonchev–Trinajstić information content (AvgIpc) is 3.14. The zero-order valence-corrected chi connectivity index (χ0v) is 10.4. The molecule has 0 aliphatic rings. The predicted octanol–water partition coefficient (Wildman–Crippen LogP) is 5.30. The van der Waals surface area contributed by atoms with E-state index in [0.29, 0.717) is 0 Å². The van der Waals surface area contributed by atoms with Crippen LogP contribution in [0.5, 0.6) is 0 Å². The lowest BCUT2D eigenvalue weighted by Gasteiger charge is -2.04. The predicted molar refractivity (Wildman–Crippen MR) is 88.7 cm³/mol. The fraction of sp³-hybridized carbons (Fsp3) is 0. The van der Waals surface area contributed by atoms with Crippen molar-refractivity contribution in [1.82, 2.24) is 4.57 Å². The van der Waals surface area contributed by atoms with Crippen LogP contribution in [0.1, 0.15) is 20.6 Å². The van der Waals surface area contributed by atoms with Gasteiger partial charge in [0, 0.05) is 22.8 Å². The van der Waals surface area contributed by atoms with Gasteiger partial charge in [-0.1, -0.05) is 66.5 Å². The summed E-state index contributed by atoms with van der Waals surface area (Å²) in [5.41, 5.74) is -2.00. The Morgan fingerprint density at radius 2 is 1.29 bits per heavy atom. The molecule has 0 aliphatic heterocycles. The molecule has 1 heteroatoms. The van der Waals surface area contributed by atoms with E-state index in [1.807, 2.05) is 0 Å². The van der Waals surface area contributed by atoms with E-state index in [0.717, 1.165) is 4.57 Å². The van der Waals surface area contributed by atoms with Crippen LogP contribution in [0.2, 0.25) is 0 Å². The van der Waals surface area contributed by atoms with Gasteiger partial charge in [0.15, 0.2) is 0 Å². The van der Waals surface area contributed by atoms with Gasteiger partial charge in [-0.15, -0.1) is 0 Å². The second-order valence-corrected chi connectivity index (χ2v) is 4.02. The third-order valence-electron chi connectivity index (χ3n) is 2.83. The van der Waals surface area contributed by atoms with Gasteiger partial charge in [-0.2, -0.15) is 0 Å². The molecule has 1 nitrogen and oxygen atoms in total. The first-order valence-electron chi connectivity index (χ1n) is 13.4. The molecular weight excluding hydrogens is 254 g/mol. The fourth-order valence-electron chi connectivity index (χ4n) is 1.96. The van der Waals surface area contributed by atoms with Crippen LogP contribution in [0, 0.1) is 0 Å². The molecule has 4 aromatic rings. The van der Waals surface area contributed by atoms with E-state index in [-0.39, 0.29) is 0 Å². The molecule has 21 heavy (non-hydrogen) atoms. The van der Waals surface area contributed by atoms with Gasteiger partial charge in [0.2, 0.25) is 0 Å². The van der Waals surface area contributed by atoms with Gasteiger partial charge in [0.05, 0.1) is 26.1 Å². The standard InChI is InChI=1S/C20H15N/c1-3-9-16(10-4-1)19-15-21(17-11-5-2-6-12-17)20-14-8-7-13-18(19)20/h1-15H/i1D,2D,3D,4D,5D,6D,7D,8D,9D,10D,11D,12D,13D,14D,15D. The summed E-state index contributed by atoms with van der Waals surface area (Å²) in [5, 5.41) is -0.392. The highest BCUT2D eigenvalue weighted by Gasteiger charge is 2.10. The highest BCUT2D eigenvalue weighted by molar-refractivity contribution is 5.97. The molecule has 1 aromatic heterocycles. The number of hydrogen-bond acceptors (Lipinski definition) is 0. The topological polar surface area (TPSA) is 4.93 Å². The molecule has 4 rings (SSSR count). The molecule has 0 saturated carbocycles. The summed E-state index contributed by atoms with van der Waals surface area (Å²) >= 11 is 0. The summed E-state index contributed by atoms with van der Waals surface area (Å²) in [6.07, 6.45) is -0.742. The second-order valence-electron chi connectivity index (χ2n) is 4.02. The lowest BCUT2D eigenvalue weighted by molar-refractivity contribution is 1.13. The van der Waals surface area contributed by atoms with Crippen LogP contribution < -0.4 is 0 Å². The maximum atomic E-state index is 8.86. The molecular formula is C20H15N. The van der Waals surface area contributed by atoms with Crippen molar-refractivity contribution in [3.63, 3.8) is 0 Å². The first-order valence-corrected chi connectivity index (χ1v) is 5.92. The molecule has 3 aromatic carbocycles. The molecule has 0 aliphatic carbocycles. The molecule has 0 bridgehead atoms. The van der Waals surface area contributed by atoms with Crippen molar-refractivity contribution >= 4 is 10.9 Å². The minimum absolute atomic E-state index is 0.392. The van der Waals surface area contributed by atoms with E-state index in [9.17, 15) is 0 Å². The van der Waals surface area contributed by atoms with E-state index < -0.39 is 118 Å². The monoisotopic (exact) mass is 284 g/mol. The summed E-state index contributed by atoms with van der Waals surface area (Å²) in [6, 6.07) is -10.2. The summed E-state index contributed by atoms with van der Waals surface area (Å²) in [6.45, 7) is 0. The van der Waals surface area contributed by atoms with E-state index in [2.05, 4.69) is 0 Å². The second kappa shape index (κ2) is 4.95. The summed E-state index contributed by atoms with van der Waals surface area (Å²) in [7, 11) is 0. The van der Waals surface area contributed by atoms with Gasteiger partial charge in [0.1, 0.15) is 0 Å². The molecule has 0 N–H and O–H groups in total. The lowest BCUT2D eigenvalue weighted by atomic mass is 10.1.